The maximum Gasteiger partial charge on any atom is 0.122 e. The van der Waals surface area contributed by atoms with Gasteiger partial charge in [-0.2, -0.15) is 0 Å². The Kier molecular flexibility index (Phi) is 5.32. The largest absolute Gasteiger partial charge is 0.489 e. The quantitative estimate of drug-likeness (QED) is 0.853. The summed E-state index contributed by atoms with van der Waals surface area (Å²) in [5.74, 6) is 1.06. The van der Waals surface area contributed by atoms with Crippen molar-refractivity contribution in [2.75, 3.05) is 6.54 Å². The highest BCUT2D eigenvalue weighted by molar-refractivity contribution is 5.36. The number of aryl methyl sites for hydroxylation is 2. The molecule has 2 atom stereocenters. The molecule has 2 rings (SSSR count). The smallest absolute Gasteiger partial charge is 0.122 e. The summed E-state index contributed by atoms with van der Waals surface area (Å²) in [6.45, 7) is 12.3. The van der Waals surface area contributed by atoms with E-state index >= 15 is 0 Å². The van der Waals surface area contributed by atoms with E-state index < -0.39 is 0 Å². The summed E-state index contributed by atoms with van der Waals surface area (Å²) in [4.78, 5) is 0. The summed E-state index contributed by atoms with van der Waals surface area (Å²) in [7, 11) is 0. The van der Waals surface area contributed by atoms with Gasteiger partial charge in [-0.25, -0.2) is 0 Å². The first-order valence-electron chi connectivity index (χ1n) is 8.38. The number of nitrogens with one attached hydrogen (secondary N) is 1. The van der Waals surface area contributed by atoms with E-state index in [1.807, 2.05) is 0 Å². The minimum absolute atomic E-state index is 0.279. The molecule has 2 heteroatoms. The molecule has 21 heavy (non-hydrogen) atoms. The first-order chi connectivity index (χ1) is 9.91. The molecule has 1 aromatic carbocycles. The highest BCUT2D eigenvalue weighted by Crippen LogP contribution is 2.37. The topological polar surface area (TPSA) is 21.3 Å². The SMILES string of the molecule is CCCNC1CCC(C)(C)CC1Oc1cc(C)ccc1C. The summed E-state index contributed by atoms with van der Waals surface area (Å²) < 4.78 is 6.45. The van der Waals surface area contributed by atoms with Crippen LogP contribution in [0.4, 0.5) is 0 Å². The van der Waals surface area contributed by atoms with Crippen LogP contribution in [0.1, 0.15) is 57.6 Å². The van der Waals surface area contributed by atoms with E-state index in [0.29, 0.717) is 11.5 Å². The summed E-state index contributed by atoms with van der Waals surface area (Å²) in [5, 5.41) is 3.69. The first kappa shape index (κ1) is 16.4. The zero-order valence-electron chi connectivity index (χ0n) is 14.3. The maximum atomic E-state index is 6.45. The Balaban J connectivity index is 2.13. The molecule has 0 heterocycles. The lowest BCUT2D eigenvalue weighted by molar-refractivity contribution is 0.0526. The second-order valence-corrected chi connectivity index (χ2v) is 7.39. The summed E-state index contributed by atoms with van der Waals surface area (Å²) in [6.07, 6.45) is 5.07. The molecule has 2 nitrogen and oxygen atoms in total. The second-order valence-electron chi connectivity index (χ2n) is 7.39. The van der Waals surface area contributed by atoms with Crippen molar-refractivity contribution in [1.29, 1.82) is 0 Å². The predicted octanol–water partition coefficient (Wildman–Crippen LogP) is 4.63. The molecule has 0 aromatic heterocycles. The number of hydrogen-bond donors (Lipinski definition) is 1. The molecule has 0 spiro atoms. The van der Waals surface area contributed by atoms with Gasteiger partial charge in [0.15, 0.2) is 0 Å². The third-order valence-electron chi connectivity index (χ3n) is 4.61. The molecule has 1 N–H and O–H groups in total. The molecule has 1 fully saturated rings. The van der Waals surface area contributed by atoms with Crippen LogP contribution in [-0.4, -0.2) is 18.7 Å². The van der Waals surface area contributed by atoms with Crippen LogP contribution >= 0.6 is 0 Å². The van der Waals surface area contributed by atoms with E-state index in [0.717, 1.165) is 18.7 Å². The molecular formula is C19H31NO. The van der Waals surface area contributed by atoms with Gasteiger partial charge in [0, 0.05) is 6.04 Å². The molecule has 2 unspecified atom stereocenters. The molecule has 0 radical (unpaired) electrons. The van der Waals surface area contributed by atoms with Crippen LogP contribution in [-0.2, 0) is 0 Å². The van der Waals surface area contributed by atoms with Crippen molar-refractivity contribution in [3.8, 4) is 5.75 Å². The van der Waals surface area contributed by atoms with Crippen molar-refractivity contribution < 1.29 is 4.74 Å². The van der Waals surface area contributed by atoms with Crippen LogP contribution in [0.3, 0.4) is 0 Å². The highest BCUT2D eigenvalue weighted by Gasteiger charge is 2.36. The maximum absolute atomic E-state index is 6.45. The van der Waals surface area contributed by atoms with Gasteiger partial charge in [0.1, 0.15) is 11.9 Å². The summed E-state index contributed by atoms with van der Waals surface area (Å²) >= 11 is 0. The average molecular weight is 289 g/mol. The number of hydrogen-bond acceptors (Lipinski definition) is 2. The molecule has 118 valence electrons. The van der Waals surface area contributed by atoms with Crippen molar-refractivity contribution in [2.45, 2.75) is 72.4 Å². The van der Waals surface area contributed by atoms with E-state index in [-0.39, 0.29) is 6.10 Å². The van der Waals surface area contributed by atoms with Crippen LogP contribution in [0.25, 0.3) is 0 Å². The fraction of sp³-hybridized carbons (Fsp3) is 0.684. The molecule has 0 saturated heterocycles. The zero-order chi connectivity index (χ0) is 15.5. The standard InChI is InChI=1S/C19H31NO/c1-6-11-20-16-9-10-19(4,5)13-18(16)21-17-12-14(2)7-8-15(17)3/h7-8,12,16,18,20H,6,9-11,13H2,1-5H3. The summed E-state index contributed by atoms with van der Waals surface area (Å²) in [5.41, 5.74) is 2.88. The molecule has 1 saturated carbocycles. The Hall–Kier alpha value is -1.02. The van der Waals surface area contributed by atoms with E-state index in [9.17, 15) is 0 Å². The number of benzene rings is 1. The molecule has 1 aliphatic carbocycles. The highest BCUT2D eigenvalue weighted by atomic mass is 16.5. The van der Waals surface area contributed by atoms with Crippen molar-refractivity contribution in [3.63, 3.8) is 0 Å². The van der Waals surface area contributed by atoms with Gasteiger partial charge >= 0.3 is 0 Å². The summed E-state index contributed by atoms with van der Waals surface area (Å²) in [6, 6.07) is 6.97. The fourth-order valence-electron chi connectivity index (χ4n) is 3.21. The minimum Gasteiger partial charge on any atom is -0.489 e. The van der Waals surface area contributed by atoms with Gasteiger partial charge in [0.2, 0.25) is 0 Å². The van der Waals surface area contributed by atoms with Crippen molar-refractivity contribution in [2.24, 2.45) is 5.41 Å². The second kappa shape index (κ2) is 6.83. The van der Waals surface area contributed by atoms with Gasteiger partial charge in [0.05, 0.1) is 0 Å². The normalized spacial score (nSPS) is 24.8. The lowest BCUT2D eigenvalue weighted by Crippen LogP contribution is -2.49. The first-order valence-corrected chi connectivity index (χ1v) is 8.38. The van der Waals surface area contributed by atoms with Gasteiger partial charge in [-0.1, -0.05) is 32.9 Å². The lowest BCUT2D eigenvalue weighted by Gasteiger charge is -2.41. The van der Waals surface area contributed by atoms with Crippen LogP contribution < -0.4 is 10.1 Å². The Bertz CT molecular complexity index is 467. The Morgan fingerprint density at radius 1 is 1.29 bits per heavy atom. The number of rotatable bonds is 5. The lowest BCUT2D eigenvalue weighted by atomic mass is 9.74. The Morgan fingerprint density at radius 3 is 2.76 bits per heavy atom. The molecule has 1 aromatic rings. The Labute approximate surface area is 130 Å². The third kappa shape index (κ3) is 4.47. The van der Waals surface area contributed by atoms with Gasteiger partial charge in [-0.05, 0) is 68.7 Å². The molecule has 1 aliphatic rings. The molecular weight excluding hydrogens is 258 g/mol. The van der Waals surface area contributed by atoms with Crippen molar-refractivity contribution in [1.82, 2.24) is 5.32 Å². The van der Waals surface area contributed by atoms with Crippen LogP contribution in [0, 0.1) is 19.3 Å². The fourth-order valence-corrected chi connectivity index (χ4v) is 3.21. The Morgan fingerprint density at radius 2 is 2.05 bits per heavy atom. The predicted molar refractivity (Wildman–Crippen MR) is 90.0 cm³/mol. The van der Waals surface area contributed by atoms with E-state index in [1.54, 1.807) is 0 Å². The zero-order valence-corrected chi connectivity index (χ0v) is 14.3. The molecule has 0 amide bonds. The van der Waals surface area contributed by atoms with E-state index in [2.05, 4.69) is 58.1 Å². The average Bonchev–Trinajstić information content (AvgIpc) is 2.41. The van der Waals surface area contributed by atoms with Crippen molar-refractivity contribution >= 4 is 0 Å². The van der Waals surface area contributed by atoms with Gasteiger partial charge in [0.25, 0.3) is 0 Å². The van der Waals surface area contributed by atoms with Gasteiger partial charge < -0.3 is 10.1 Å². The molecule has 0 aliphatic heterocycles. The van der Waals surface area contributed by atoms with Crippen LogP contribution in [0.15, 0.2) is 18.2 Å². The van der Waals surface area contributed by atoms with E-state index in [4.69, 9.17) is 4.74 Å². The monoisotopic (exact) mass is 289 g/mol. The van der Waals surface area contributed by atoms with Gasteiger partial charge in [-0.15, -0.1) is 0 Å². The van der Waals surface area contributed by atoms with Crippen LogP contribution in [0.5, 0.6) is 5.75 Å². The van der Waals surface area contributed by atoms with E-state index in [1.165, 1.54) is 30.4 Å². The van der Waals surface area contributed by atoms with Gasteiger partial charge in [-0.3, -0.25) is 0 Å². The third-order valence-corrected chi connectivity index (χ3v) is 4.61. The van der Waals surface area contributed by atoms with Crippen molar-refractivity contribution in [3.05, 3.63) is 29.3 Å². The van der Waals surface area contributed by atoms with Crippen LogP contribution in [0.2, 0.25) is 0 Å². The number of ether oxygens (including phenoxy) is 1. The molecule has 0 bridgehead atoms. The minimum atomic E-state index is 0.279.